The van der Waals surface area contributed by atoms with Gasteiger partial charge in [0.15, 0.2) is 0 Å². The molecule has 20 heavy (non-hydrogen) atoms. The van der Waals surface area contributed by atoms with Crippen LogP contribution in [0.15, 0.2) is 42.9 Å². The second kappa shape index (κ2) is 5.48. The van der Waals surface area contributed by atoms with E-state index in [4.69, 9.17) is 16.3 Å². The molecule has 3 aromatic rings. The summed E-state index contributed by atoms with van der Waals surface area (Å²) in [6.45, 7) is 0.647. The van der Waals surface area contributed by atoms with Gasteiger partial charge < -0.3 is 10.1 Å². The number of pyridine rings is 2. The lowest BCUT2D eigenvalue weighted by Gasteiger charge is -2.06. The lowest BCUT2D eigenvalue weighted by molar-refractivity contribution is 0.455. The first-order valence-corrected chi connectivity index (χ1v) is 6.54. The van der Waals surface area contributed by atoms with Crippen molar-refractivity contribution in [2.45, 2.75) is 6.54 Å². The third-order valence-electron chi connectivity index (χ3n) is 2.83. The number of nitrogens with zero attached hydrogens (tertiary/aromatic N) is 3. The van der Waals surface area contributed by atoms with Crippen LogP contribution in [0.2, 0.25) is 5.02 Å². The molecule has 0 saturated carbocycles. The minimum atomic E-state index is 0.529. The molecular weight excluding hydrogens is 276 g/mol. The van der Waals surface area contributed by atoms with Gasteiger partial charge in [0.05, 0.1) is 11.2 Å². The van der Waals surface area contributed by atoms with Crippen LogP contribution < -0.4 is 10.1 Å². The maximum Gasteiger partial charge on any atom is 0.242 e. The summed E-state index contributed by atoms with van der Waals surface area (Å²) in [5.74, 6) is 1.12. The molecule has 0 fully saturated rings. The van der Waals surface area contributed by atoms with E-state index in [0.717, 1.165) is 11.3 Å². The average molecular weight is 289 g/mol. The Morgan fingerprint density at radius 2 is 2.25 bits per heavy atom. The SMILES string of the molecule is CNCc1c(Oc2cncc(Cl)c2)nc2ccccn12. The van der Waals surface area contributed by atoms with Crippen molar-refractivity contribution >= 4 is 17.2 Å². The number of aromatic nitrogens is 3. The summed E-state index contributed by atoms with van der Waals surface area (Å²) in [5, 5.41) is 3.65. The molecular formula is C14H13ClN4O. The maximum absolute atomic E-state index is 5.91. The highest BCUT2D eigenvalue weighted by Gasteiger charge is 2.13. The number of imidazole rings is 1. The van der Waals surface area contributed by atoms with Gasteiger partial charge in [0.25, 0.3) is 0 Å². The highest BCUT2D eigenvalue weighted by atomic mass is 35.5. The fourth-order valence-electron chi connectivity index (χ4n) is 1.99. The molecule has 0 aromatic carbocycles. The van der Waals surface area contributed by atoms with E-state index in [-0.39, 0.29) is 0 Å². The Balaban J connectivity index is 2.04. The van der Waals surface area contributed by atoms with E-state index in [1.165, 1.54) is 0 Å². The Bertz CT molecular complexity index is 741. The van der Waals surface area contributed by atoms with Gasteiger partial charge in [-0.25, -0.2) is 0 Å². The second-order valence-corrected chi connectivity index (χ2v) is 4.70. The number of halogens is 1. The molecule has 3 heterocycles. The van der Waals surface area contributed by atoms with Gasteiger partial charge in [0.1, 0.15) is 17.1 Å². The third-order valence-corrected chi connectivity index (χ3v) is 3.04. The summed E-state index contributed by atoms with van der Waals surface area (Å²) >= 11 is 5.91. The molecule has 0 radical (unpaired) electrons. The number of nitrogens with one attached hydrogen (secondary N) is 1. The summed E-state index contributed by atoms with van der Waals surface area (Å²) in [6, 6.07) is 7.54. The maximum atomic E-state index is 5.91. The summed E-state index contributed by atoms with van der Waals surface area (Å²) in [7, 11) is 1.88. The van der Waals surface area contributed by atoms with E-state index in [2.05, 4.69) is 15.3 Å². The predicted molar refractivity (Wildman–Crippen MR) is 77.3 cm³/mol. The number of hydrogen-bond donors (Lipinski definition) is 1. The lowest BCUT2D eigenvalue weighted by Crippen LogP contribution is -2.08. The molecule has 0 bridgehead atoms. The molecule has 102 valence electrons. The van der Waals surface area contributed by atoms with Crippen molar-refractivity contribution in [2.24, 2.45) is 0 Å². The summed E-state index contributed by atoms with van der Waals surface area (Å²) in [5.41, 5.74) is 1.78. The summed E-state index contributed by atoms with van der Waals surface area (Å²) in [6.07, 6.45) is 5.13. The molecule has 0 unspecified atom stereocenters. The molecule has 0 saturated heterocycles. The van der Waals surface area contributed by atoms with E-state index in [0.29, 0.717) is 23.2 Å². The summed E-state index contributed by atoms with van der Waals surface area (Å²) < 4.78 is 7.80. The lowest BCUT2D eigenvalue weighted by atomic mass is 10.4. The van der Waals surface area contributed by atoms with E-state index in [1.807, 2.05) is 35.8 Å². The second-order valence-electron chi connectivity index (χ2n) is 4.26. The molecule has 0 aliphatic rings. The van der Waals surface area contributed by atoms with Gasteiger partial charge >= 0.3 is 0 Å². The average Bonchev–Trinajstić information content (AvgIpc) is 2.77. The minimum absolute atomic E-state index is 0.529. The molecule has 0 spiro atoms. The van der Waals surface area contributed by atoms with Crippen molar-refractivity contribution in [1.82, 2.24) is 19.7 Å². The normalized spacial score (nSPS) is 10.9. The van der Waals surface area contributed by atoms with Crippen LogP contribution in [-0.2, 0) is 6.54 Å². The zero-order valence-electron chi connectivity index (χ0n) is 10.9. The summed E-state index contributed by atoms with van der Waals surface area (Å²) in [4.78, 5) is 8.49. The van der Waals surface area contributed by atoms with E-state index >= 15 is 0 Å². The van der Waals surface area contributed by atoms with Crippen molar-refractivity contribution in [2.75, 3.05) is 7.05 Å². The zero-order valence-corrected chi connectivity index (χ0v) is 11.6. The monoisotopic (exact) mass is 288 g/mol. The first-order valence-electron chi connectivity index (χ1n) is 6.17. The fraction of sp³-hybridized carbons (Fsp3) is 0.143. The molecule has 0 amide bonds. The van der Waals surface area contributed by atoms with Gasteiger partial charge in [-0.2, -0.15) is 4.98 Å². The van der Waals surface area contributed by atoms with Crippen molar-refractivity contribution in [3.63, 3.8) is 0 Å². The van der Waals surface area contributed by atoms with Gasteiger partial charge in [0.2, 0.25) is 5.88 Å². The van der Waals surface area contributed by atoms with Crippen LogP contribution >= 0.6 is 11.6 Å². The number of fused-ring (bicyclic) bond motifs is 1. The highest BCUT2D eigenvalue weighted by molar-refractivity contribution is 6.30. The Hall–Kier alpha value is -2.11. The predicted octanol–water partition coefficient (Wildman–Crippen LogP) is 2.89. The molecule has 6 heteroatoms. The number of hydrogen-bond acceptors (Lipinski definition) is 4. The van der Waals surface area contributed by atoms with Gasteiger partial charge in [-0.3, -0.25) is 9.38 Å². The van der Waals surface area contributed by atoms with Crippen LogP contribution in [0.1, 0.15) is 5.69 Å². The molecule has 1 N–H and O–H groups in total. The Kier molecular flexibility index (Phi) is 3.54. The zero-order chi connectivity index (χ0) is 13.9. The fourth-order valence-corrected chi connectivity index (χ4v) is 2.16. The van der Waals surface area contributed by atoms with Crippen LogP contribution in [0, 0.1) is 0 Å². The Morgan fingerprint density at radius 1 is 1.35 bits per heavy atom. The van der Waals surface area contributed by atoms with Crippen LogP contribution in [0.5, 0.6) is 11.6 Å². The molecule has 0 aliphatic heterocycles. The van der Waals surface area contributed by atoms with Crippen molar-refractivity contribution in [3.05, 3.63) is 53.6 Å². The van der Waals surface area contributed by atoms with E-state index in [9.17, 15) is 0 Å². The quantitative estimate of drug-likeness (QED) is 0.802. The Morgan fingerprint density at radius 3 is 3.05 bits per heavy atom. The van der Waals surface area contributed by atoms with Crippen LogP contribution in [0.3, 0.4) is 0 Å². The molecule has 3 aromatic heterocycles. The highest BCUT2D eigenvalue weighted by Crippen LogP contribution is 2.26. The van der Waals surface area contributed by atoms with Crippen LogP contribution in [0.25, 0.3) is 5.65 Å². The molecule has 3 rings (SSSR count). The van der Waals surface area contributed by atoms with Crippen molar-refractivity contribution in [1.29, 1.82) is 0 Å². The topological polar surface area (TPSA) is 51.5 Å². The first kappa shape index (κ1) is 12.9. The van der Waals surface area contributed by atoms with Gasteiger partial charge in [-0.15, -0.1) is 0 Å². The molecule has 0 atom stereocenters. The largest absolute Gasteiger partial charge is 0.436 e. The minimum Gasteiger partial charge on any atom is -0.436 e. The number of rotatable bonds is 4. The van der Waals surface area contributed by atoms with Gasteiger partial charge in [0, 0.05) is 25.0 Å². The Labute approximate surface area is 121 Å². The van der Waals surface area contributed by atoms with E-state index < -0.39 is 0 Å². The van der Waals surface area contributed by atoms with Gasteiger partial charge in [-0.1, -0.05) is 17.7 Å². The van der Waals surface area contributed by atoms with E-state index in [1.54, 1.807) is 18.5 Å². The number of ether oxygens (including phenoxy) is 1. The van der Waals surface area contributed by atoms with Gasteiger partial charge in [-0.05, 0) is 19.2 Å². The van der Waals surface area contributed by atoms with Crippen molar-refractivity contribution in [3.8, 4) is 11.6 Å². The molecule has 0 aliphatic carbocycles. The smallest absolute Gasteiger partial charge is 0.242 e. The molecule has 5 nitrogen and oxygen atoms in total. The first-order chi connectivity index (χ1) is 9.78. The standard InChI is InChI=1S/C14H13ClN4O/c1-16-9-12-14(18-13-4-2-3-5-19(12)13)20-11-6-10(15)7-17-8-11/h2-8,16H,9H2,1H3. The van der Waals surface area contributed by atoms with Crippen LogP contribution in [0.4, 0.5) is 0 Å². The van der Waals surface area contributed by atoms with Crippen LogP contribution in [-0.4, -0.2) is 21.4 Å². The third kappa shape index (κ3) is 2.45. The van der Waals surface area contributed by atoms with Crippen molar-refractivity contribution < 1.29 is 4.74 Å².